The van der Waals surface area contributed by atoms with Gasteiger partial charge in [-0.15, -0.1) is 0 Å². The van der Waals surface area contributed by atoms with E-state index in [9.17, 15) is 5.11 Å². The number of nitrogens with zero attached hydrogens (tertiary/aromatic N) is 2. The predicted octanol–water partition coefficient (Wildman–Crippen LogP) is 2.00. The summed E-state index contributed by atoms with van der Waals surface area (Å²) < 4.78 is 5.21. The lowest BCUT2D eigenvalue weighted by Crippen LogP contribution is -2.42. The van der Waals surface area contributed by atoms with Crippen molar-refractivity contribution < 1.29 is 9.84 Å². The normalized spacial score (nSPS) is 14.6. The highest BCUT2D eigenvalue weighted by molar-refractivity contribution is 5.29. The number of ether oxygens (including phenoxy) is 1. The number of aliphatic hydroxyl groups is 1. The van der Waals surface area contributed by atoms with Gasteiger partial charge in [0.1, 0.15) is 5.75 Å². The van der Waals surface area contributed by atoms with Crippen molar-refractivity contribution in [2.45, 2.75) is 26.0 Å². The van der Waals surface area contributed by atoms with Gasteiger partial charge < -0.3 is 14.7 Å². The SMILES string of the molecule is CCN(CC(O)c1cccc(OC)c1)C(C)CN(C)C. The molecular formula is C16H28N2O2. The molecule has 1 aromatic carbocycles. The summed E-state index contributed by atoms with van der Waals surface area (Å²) in [7, 11) is 5.79. The van der Waals surface area contributed by atoms with Gasteiger partial charge in [0.25, 0.3) is 0 Å². The molecule has 20 heavy (non-hydrogen) atoms. The van der Waals surface area contributed by atoms with Crippen molar-refractivity contribution in [3.8, 4) is 5.75 Å². The van der Waals surface area contributed by atoms with Gasteiger partial charge in [0, 0.05) is 19.1 Å². The molecule has 0 bridgehead atoms. The highest BCUT2D eigenvalue weighted by Crippen LogP contribution is 2.20. The van der Waals surface area contributed by atoms with E-state index in [1.165, 1.54) is 0 Å². The first kappa shape index (κ1) is 17.0. The maximum atomic E-state index is 10.4. The molecule has 4 heteroatoms. The van der Waals surface area contributed by atoms with Gasteiger partial charge in [-0.05, 0) is 45.3 Å². The van der Waals surface area contributed by atoms with Gasteiger partial charge in [-0.1, -0.05) is 19.1 Å². The van der Waals surface area contributed by atoms with Gasteiger partial charge in [0.05, 0.1) is 13.2 Å². The quantitative estimate of drug-likeness (QED) is 0.790. The third-order valence-electron chi connectivity index (χ3n) is 3.54. The average molecular weight is 280 g/mol. The van der Waals surface area contributed by atoms with Crippen LogP contribution >= 0.6 is 0 Å². The Labute approximate surface area is 123 Å². The third kappa shape index (κ3) is 5.12. The molecule has 0 aliphatic carbocycles. The number of likely N-dealkylation sites (N-methyl/N-ethyl adjacent to an activating group) is 2. The lowest BCUT2D eigenvalue weighted by Gasteiger charge is -2.31. The molecule has 1 rings (SSSR count). The van der Waals surface area contributed by atoms with Crippen molar-refractivity contribution in [2.24, 2.45) is 0 Å². The van der Waals surface area contributed by atoms with Crippen molar-refractivity contribution in [1.82, 2.24) is 9.80 Å². The van der Waals surface area contributed by atoms with E-state index in [4.69, 9.17) is 4.74 Å². The maximum absolute atomic E-state index is 10.4. The molecule has 0 saturated carbocycles. The number of rotatable bonds is 8. The summed E-state index contributed by atoms with van der Waals surface area (Å²) in [5.74, 6) is 0.783. The molecule has 0 saturated heterocycles. The number of benzene rings is 1. The van der Waals surface area contributed by atoms with Crippen LogP contribution in [0.15, 0.2) is 24.3 Å². The van der Waals surface area contributed by atoms with Crippen LogP contribution in [0.3, 0.4) is 0 Å². The first-order valence-electron chi connectivity index (χ1n) is 7.18. The first-order valence-corrected chi connectivity index (χ1v) is 7.18. The topological polar surface area (TPSA) is 35.9 Å². The number of hydrogen-bond acceptors (Lipinski definition) is 4. The summed E-state index contributed by atoms with van der Waals surface area (Å²) in [6, 6.07) is 8.06. The molecular weight excluding hydrogens is 252 g/mol. The standard InChI is InChI=1S/C16H28N2O2/c1-6-18(13(2)11-17(3)4)12-16(19)14-8-7-9-15(10-14)20-5/h7-10,13,16,19H,6,11-12H2,1-5H3. The van der Waals surface area contributed by atoms with Crippen LogP contribution in [-0.2, 0) is 0 Å². The summed E-state index contributed by atoms with van der Waals surface area (Å²) in [4.78, 5) is 4.47. The van der Waals surface area contributed by atoms with Gasteiger partial charge in [0.2, 0.25) is 0 Å². The second-order valence-electron chi connectivity index (χ2n) is 5.49. The number of hydrogen-bond donors (Lipinski definition) is 1. The van der Waals surface area contributed by atoms with Crippen molar-refractivity contribution >= 4 is 0 Å². The summed E-state index contributed by atoms with van der Waals surface area (Å²) in [5.41, 5.74) is 0.903. The zero-order valence-corrected chi connectivity index (χ0v) is 13.3. The Bertz CT molecular complexity index is 396. The molecule has 0 aromatic heterocycles. The van der Waals surface area contributed by atoms with Gasteiger partial charge in [-0.3, -0.25) is 4.90 Å². The highest BCUT2D eigenvalue weighted by atomic mass is 16.5. The molecule has 0 aliphatic rings. The van der Waals surface area contributed by atoms with Crippen molar-refractivity contribution in [3.63, 3.8) is 0 Å². The van der Waals surface area contributed by atoms with Crippen molar-refractivity contribution in [2.75, 3.05) is 40.8 Å². The van der Waals surface area contributed by atoms with E-state index in [1.54, 1.807) is 7.11 Å². The van der Waals surface area contributed by atoms with E-state index in [2.05, 4.69) is 37.7 Å². The molecule has 0 fully saturated rings. The van der Waals surface area contributed by atoms with Gasteiger partial charge in [-0.2, -0.15) is 0 Å². The van der Waals surface area contributed by atoms with E-state index < -0.39 is 6.10 Å². The van der Waals surface area contributed by atoms with Gasteiger partial charge >= 0.3 is 0 Å². The van der Waals surface area contributed by atoms with E-state index in [0.29, 0.717) is 12.6 Å². The molecule has 4 nitrogen and oxygen atoms in total. The molecule has 114 valence electrons. The highest BCUT2D eigenvalue weighted by Gasteiger charge is 2.18. The van der Waals surface area contributed by atoms with Crippen molar-refractivity contribution in [1.29, 1.82) is 0 Å². The molecule has 0 aliphatic heterocycles. The molecule has 0 spiro atoms. The largest absolute Gasteiger partial charge is 0.497 e. The Hall–Kier alpha value is -1.10. The zero-order chi connectivity index (χ0) is 15.1. The van der Waals surface area contributed by atoms with E-state index in [-0.39, 0.29) is 0 Å². The van der Waals surface area contributed by atoms with Crippen LogP contribution in [0.4, 0.5) is 0 Å². The lowest BCUT2D eigenvalue weighted by atomic mass is 10.1. The fourth-order valence-corrected chi connectivity index (χ4v) is 2.44. The molecule has 0 radical (unpaired) electrons. The minimum absolute atomic E-state index is 0.412. The molecule has 0 heterocycles. The summed E-state index contributed by atoms with van der Waals surface area (Å²) in [5, 5.41) is 10.4. The molecule has 0 amide bonds. The monoisotopic (exact) mass is 280 g/mol. The lowest BCUT2D eigenvalue weighted by molar-refractivity contribution is 0.0857. The average Bonchev–Trinajstić information content (AvgIpc) is 2.43. The minimum atomic E-state index is -0.491. The van der Waals surface area contributed by atoms with Crippen LogP contribution < -0.4 is 4.74 Å². The Morgan fingerprint density at radius 2 is 1.95 bits per heavy atom. The summed E-state index contributed by atoms with van der Waals surface area (Å²) in [6.45, 7) is 6.87. The Balaban J connectivity index is 2.68. The predicted molar refractivity (Wildman–Crippen MR) is 83.2 cm³/mol. The zero-order valence-electron chi connectivity index (χ0n) is 13.3. The second kappa shape index (κ2) is 8.25. The number of aliphatic hydroxyl groups excluding tert-OH is 1. The van der Waals surface area contributed by atoms with Crippen LogP contribution in [0, 0.1) is 0 Å². The molecule has 1 aromatic rings. The summed E-state index contributed by atoms with van der Waals surface area (Å²) in [6.07, 6.45) is -0.491. The van der Waals surface area contributed by atoms with Crippen LogP contribution in [0.1, 0.15) is 25.5 Å². The van der Waals surface area contributed by atoms with E-state index in [0.717, 1.165) is 24.4 Å². The molecule has 2 unspecified atom stereocenters. The minimum Gasteiger partial charge on any atom is -0.497 e. The Morgan fingerprint density at radius 3 is 2.50 bits per heavy atom. The smallest absolute Gasteiger partial charge is 0.119 e. The van der Waals surface area contributed by atoms with Crippen molar-refractivity contribution in [3.05, 3.63) is 29.8 Å². The third-order valence-corrected chi connectivity index (χ3v) is 3.54. The molecule has 2 atom stereocenters. The van der Waals surface area contributed by atoms with Crippen LogP contribution in [0.2, 0.25) is 0 Å². The maximum Gasteiger partial charge on any atom is 0.119 e. The van der Waals surface area contributed by atoms with Crippen LogP contribution in [0.25, 0.3) is 0 Å². The van der Waals surface area contributed by atoms with Gasteiger partial charge in [-0.25, -0.2) is 0 Å². The number of methoxy groups -OCH3 is 1. The second-order valence-corrected chi connectivity index (χ2v) is 5.49. The summed E-state index contributed by atoms with van der Waals surface area (Å²) >= 11 is 0. The van der Waals surface area contributed by atoms with Crippen LogP contribution in [-0.4, -0.2) is 61.8 Å². The van der Waals surface area contributed by atoms with Gasteiger partial charge in [0.15, 0.2) is 0 Å². The molecule has 1 N–H and O–H groups in total. The van der Waals surface area contributed by atoms with E-state index in [1.807, 2.05) is 24.3 Å². The Morgan fingerprint density at radius 1 is 1.25 bits per heavy atom. The first-order chi connectivity index (χ1) is 9.47. The van der Waals surface area contributed by atoms with E-state index >= 15 is 0 Å². The fraction of sp³-hybridized carbons (Fsp3) is 0.625. The van der Waals surface area contributed by atoms with Crippen LogP contribution in [0.5, 0.6) is 5.75 Å². The Kier molecular flexibility index (Phi) is 6.99. The fourth-order valence-electron chi connectivity index (χ4n) is 2.44.